The molecule has 37 heavy (non-hydrogen) atoms. The number of pyridine rings is 1. The third kappa shape index (κ3) is 4.96. The molecular weight excluding hydrogens is 470 g/mol. The highest BCUT2D eigenvalue weighted by molar-refractivity contribution is 6.02. The van der Waals surface area contributed by atoms with Crippen molar-refractivity contribution in [3.63, 3.8) is 0 Å². The second kappa shape index (κ2) is 10.7. The van der Waals surface area contributed by atoms with Crippen LogP contribution in [0, 0.1) is 0 Å². The van der Waals surface area contributed by atoms with E-state index in [1.54, 1.807) is 55.6 Å². The minimum atomic E-state index is -0.448. The van der Waals surface area contributed by atoms with E-state index < -0.39 is 5.97 Å². The molecule has 0 radical (unpaired) electrons. The predicted molar refractivity (Wildman–Crippen MR) is 144 cm³/mol. The van der Waals surface area contributed by atoms with Crippen molar-refractivity contribution in [2.45, 2.75) is 6.92 Å². The third-order valence-electron chi connectivity index (χ3n) is 6.31. The first-order valence-corrected chi connectivity index (χ1v) is 12.2. The number of carbonyl (C=O) groups excluding carboxylic acids is 1. The number of rotatable bonds is 6. The number of nitrogens with zero attached hydrogens (tertiary/aromatic N) is 3. The number of anilines is 1. The molecule has 0 saturated carbocycles. The molecule has 0 atom stereocenters. The minimum Gasteiger partial charge on any atom is -0.494 e. The number of hydrogen-bond acceptors (Lipinski definition) is 7. The first-order chi connectivity index (χ1) is 18.1. The quantitative estimate of drug-likeness (QED) is 0.312. The van der Waals surface area contributed by atoms with Crippen LogP contribution in [0.25, 0.3) is 16.5 Å². The van der Waals surface area contributed by atoms with Gasteiger partial charge in [0.1, 0.15) is 0 Å². The number of carbonyl (C=O) groups is 1. The highest BCUT2D eigenvalue weighted by Crippen LogP contribution is 2.27. The van der Waals surface area contributed by atoms with Gasteiger partial charge in [-0.3, -0.25) is 9.79 Å². The van der Waals surface area contributed by atoms with Crippen molar-refractivity contribution >= 4 is 34.3 Å². The average Bonchev–Trinajstić information content (AvgIpc) is 2.94. The fourth-order valence-corrected chi connectivity index (χ4v) is 4.40. The molecule has 1 aromatic heterocycles. The molecule has 0 unspecified atom stereocenters. The Bertz CT molecular complexity index is 1500. The Morgan fingerprint density at radius 1 is 0.973 bits per heavy atom. The summed E-state index contributed by atoms with van der Waals surface area (Å²) in [7, 11) is 0. The molecular formula is C29H27N3O5. The smallest absolute Gasteiger partial charge is 0.338 e. The van der Waals surface area contributed by atoms with Crippen LogP contribution >= 0.6 is 0 Å². The van der Waals surface area contributed by atoms with Gasteiger partial charge in [0.2, 0.25) is 5.88 Å². The van der Waals surface area contributed by atoms with Gasteiger partial charge in [0, 0.05) is 35.8 Å². The van der Waals surface area contributed by atoms with Crippen molar-refractivity contribution in [2.75, 3.05) is 37.8 Å². The number of morpholine rings is 1. The number of hydrogen-bond donors (Lipinski definition) is 1. The van der Waals surface area contributed by atoms with Gasteiger partial charge in [-0.15, -0.1) is 0 Å². The van der Waals surface area contributed by atoms with Crippen LogP contribution < -0.4 is 10.5 Å². The minimum absolute atomic E-state index is 0.235. The van der Waals surface area contributed by atoms with E-state index in [1.807, 2.05) is 30.3 Å². The Morgan fingerprint density at radius 2 is 1.62 bits per heavy atom. The van der Waals surface area contributed by atoms with Crippen molar-refractivity contribution in [3.05, 3.63) is 94.3 Å². The summed E-state index contributed by atoms with van der Waals surface area (Å²) in [5, 5.41) is 12.3. The zero-order chi connectivity index (χ0) is 25.8. The molecule has 1 saturated heterocycles. The summed E-state index contributed by atoms with van der Waals surface area (Å²) in [6.07, 6.45) is 1.57. The van der Waals surface area contributed by atoms with Gasteiger partial charge in [-0.05, 0) is 61.5 Å². The molecule has 1 aliphatic heterocycles. The summed E-state index contributed by atoms with van der Waals surface area (Å²) in [4.78, 5) is 32.2. The lowest BCUT2D eigenvalue weighted by molar-refractivity contribution is 0.0526. The van der Waals surface area contributed by atoms with E-state index in [4.69, 9.17) is 9.47 Å². The van der Waals surface area contributed by atoms with Crippen LogP contribution in [0.2, 0.25) is 0 Å². The summed E-state index contributed by atoms with van der Waals surface area (Å²) in [6, 6.07) is 21.3. The maximum Gasteiger partial charge on any atom is 0.338 e. The Labute approximate surface area is 214 Å². The SMILES string of the molecule is CCOC(=O)c1ccc(-n2c(O)c(C=Nc3ccc(N4CCOCC4)cc3)c3ccccc3c2=O)cc1. The second-order valence-electron chi connectivity index (χ2n) is 8.56. The average molecular weight is 498 g/mol. The Hall–Kier alpha value is -4.43. The van der Waals surface area contributed by atoms with Crippen molar-refractivity contribution in [1.82, 2.24) is 4.57 Å². The molecule has 4 aromatic rings. The van der Waals surface area contributed by atoms with Gasteiger partial charge >= 0.3 is 5.97 Å². The van der Waals surface area contributed by atoms with E-state index in [0.29, 0.717) is 40.8 Å². The fourth-order valence-electron chi connectivity index (χ4n) is 4.40. The Morgan fingerprint density at radius 3 is 2.30 bits per heavy atom. The second-order valence-corrected chi connectivity index (χ2v) is 8.56. The standard InChI is InChI=1S/C29H27N3O5/c1-2-37-29(35)20-7-11-23(12-8-20)32-27(33)25-6-4-3-5-24(25)26(28(32)34)19-30-21-9-13-22(14-10-21)31-15-17-36-18-16-31/h3-14,19,34H,2,15-18H2,1H3. The molecule has 0 spiro atoms. The number of aromatic hydroxyl groups is 1. The van der Waals surface area contributed by atoms with Gasteiger partial charge in [0.05, 0.1) is 42.3 Å². The van der Waals surface area contributed by atoms with Crippen molar-refractivity contribution in [3.8, 4) is 11.6 Å². The Balaban J connectivity index is 1.52. The summed E-state index contributed by atoms with van der Waals surface area (Å²) in [5.74, 6) is -0.683. The highest BCUT2D eigenvalue weighted by atomic mass is 16.5. The van der Waals surface area contributed by atoms with Crippen molar-refractivity contribution in [1.29, 1.82) is 0 Å². The number of ether oxygens (including phenoxy) is 2. The number of aliphatic imine (C=N–C) groups is 1. The molecule has 0 bridgehead atoms. The molecule has 3 aromatic carbocycles. The van der Waals surface area contributed by atoms with Gasteiger partial charge in [0.25, 0.3) is 5.56 Å². The largest absolute Gasteiger partial charge is 0.494 e. The molecule has 5 rings (SSSR count). The molecule has 1 N–H and O–H groups in total. The van der Waals surface area contributed by atoms with Gasteiger partial charge in [-0.1, -0.05) is 18.2 Å². The number of fused-ring (bicyclic) bond motifs is 1. The highest BCUT2D eigenvalue weighted by Gasteiger charge is 2.17. The zero-order valence-electron chi connectivity index (χ0n) is 20.5. The normalized spacial score (nSPS) is 13.8. The molecule has 188 valence electrons. The number of benzene rings is 3. The van der Waals surface area contributed by atoms with E-state index in [9.17, 15) is 14.7 Å². The monoisotopic (exact) mass is 497 g/mol. The van der Waals surface area contributed by atoms with Gasteiger partial charge in [-0.25, -0.2) is 9.36 Å². The van der Waals surface area contributed by atoms with E-state index in [-0.39, 0.29) is 18.0 Å². The van der Waals surface area contributed by atoms with E-state index in [1.165, 1.54) is 4.57 Å². The number of aromatic nitrogens is 1. The van der Waals surface area contributed by atoms with Crippen LogP contribution in [0.5, 0.6) is 5.88 Å². The first kappa shape index (κ1) is 24.3. The van der Waals surface area contributed by atoms with Crippen LogP contribution in [-0.2, 0) is 9.47 Å². The summed E-state index contributed by atoms with van der Waals surface area (Å²) in [6.45, 7) is 5.14. The maximum absolute atomic E-state index is 13.3. The lowest BCUT2D eigenvalue weighted by Crippen LogP contribution is -2.36. The Kier molecular flexibility index (Phi) is 7.00. The maximum atomic E-state index is 13.3. The third-order valence-corrected chi connectivity index (χ3v) is 6.31. The molecule has 2 heterocycles. The summed E-state index contributed by atoms with van der Waals surface area (Å²) >= 11 is 0. The molecule has 0 amide bonds. The summed E-state index contributed by atoms with van der Waals surface area (Å²) < 4.78 is 11.7. The van der Waals surface area contributed by atoms with Crippen LogP contribution in [0.1, 0.15) is 22.8 Å². The van der Waals surface area contributed by atoms with E-state index in [0.717, 1.165) is 24.5 Å². The van der Waals surface area contributed by atoms with Crippen LogP contribution in [0.3, 0.4) is 0 Å². The predicted octanol–water partition coefficient (Wildman–Crippen LogP) is 4.46. The van der Waals surface area contributed by atoms with E-state index in [2.05, 4.69) is 9.89 Å². The number of esters is 1. The zero-order valence-corrected chi connectivity index (χ0v) is 20.5. The molecule has 1 fully saturated rings. The molecule has 1 aliphatic rings. The van der Waals surface area contributed by atoms with Crippen molar-refractivity contribution in [2.24, 2.45) is 4.99 Å². The topological polar surface area (TPSA) is 93.4 Å². The lowest BCUT2D eigenvalue weighted by Gasteiger charge is -2.28. The first-order valence-electron chi connectivity index (χ1n) is 12.2. The molecule has 0 aliphatic carbocycles. The molecule has 8 heteroatoms. The summed E-state index contributed by atoms with van der Waals surface area (Å²) in [5.41, 5.74) is 2.66. The van der Waals surface area contributed by atoms with Crippen molar-refractivity contribution < 1.29 is 19.4 Å². The van der Waals surface area contributed by atoms with Crippen LogP contribution in [-0.4, -0.2) is 54.8 Å². The van der Waals surface area contributed by atoms with E-state index >= 15 is 0 Å². The van der Waals surface area contributed by atoms with Crippen LogP contribution in [0.15, 0.2) is 82.6 Å². The molecule has 8 nitrogen and oxygen atoms in total. The lowest BCUT2D eigenvalue weighted by atomic mass is 10.1. The fraction of sp³-hybridized carbons (Fsp3) is 0.207. The van der Waals surface area contributed by atoms with Gasteiger partial charge in [0.15, 0.2) is 0 Å². The van der Waals surface area contributed by atoms with Gasteiger partial charge in [-0.2, -0.15) is 0 Å². The van der Waals surface area contributed by atoms with Crippen LogP contribution in [0.4, 0.5) is 11.4 Å². The van der Waals surface area contributed by atoms with Gasteiger partial charge < -0.3 is 19.5 Å².